The van der Waals surface area contributed by atoms with Gasteiger partial charge in [0.1, 0.15) is 11.5 Å². The maximum Gasteiger partial charge on any atom is 0.243 e. The van der Waals surface area contributed by atoms with E-state index in [4.69, 9.17) is 43.1 Å². The summed E-state index contributed by atoms with van der Waals surface area (Å²) in [5, 5.41) is 16.4. The first-order chi connectivity index (χ1) is 18.3. The van der Waals surface area contributed by atoms with Crippen LogP contribution in [0.15, 0.2) is 43.1 Å². The minimum atomic E-state index is -0.250. The van der Waals surface area contributed by atoms with Gasteiger partial charge in [-0.1, -0.05) is 35.8 Å². The summed E-state index contributed by atoms with van der Waals surface area (Å²) in [5.74, 6) is 2.05. The molecular weight excluding hydrogens is 527 g/mol. The number of anilines is 1. The third-order valence-corrected chi connectivity index (χ3v) is 7.64. The Balaban J connectivity index is 1.41. The number of fused-ring (bicyclic) bond motifs is 1. The lowest BCUT2D eigenvalue weighted by atomic mass is 10.0. The highest BCUT2D eigenvalue weighted by atomic mass is 35.5. The molecule has 0 unspecified atom stereocenters. The van der Waals surface area contributed by atoms with Crippen LogP contribution in [0.5, 0.6) is 11.5 Å². The number of carbonyl (C=O) groups excluding carboxylic acids is 1. The topological polar surface area (TPSA) is 112 Å². The highest BCUT2D eigenvalue weighted by molar-refractivity contribution is 6.41. The van der Waals surface area contributed by atoms with Gasteiger partial charge in [-0.25, -0.2) is 9.97 Å². The van der Waals surface area contributed by atoms with Gasteiger partial charge in [0.25, 0.3) is 0 Å². The molecule has 1 saturated carbocycles. The Morgan fingerprint density at radius 1 is 1.13 bits per heavy atom. The third kappa shape index (κ3) is 5.08. The van der Waals surface area contributed by atoms with Gasteiger partial charge in [-0.2, -0.15) is 0 Å². The van der Waals surface area contributed by atoms with Gasteiger partial charge in [-0.3, -0.25) is 10.2 Å². The van der Waals surface area contributed by atoms with Crippen molar-refractivity contribution in [3.05, 3.63) is 53.2 Å². The number of nitrogens with one attached hydrogen (secondary N) is 3. The molecule has 11 heteroatoms. The second-order valence-electron chi connectivity index (χ2n) is 9.39. The zero-order chi connectivity index (χ0) is 27.0. The number of halogens is 2. The molecule has 1 aliphatic heterocycles. The molecule has 2 aliphatic rings. The van der Waals surface area contributed by atoms with E-state index < -0.39 is 0 Å². The predicted octanol–water partition coefficient (Wildman–Crippen LogP) is 4.77. The average molecular weight is 555 g/mol. The number of benzene rings is 2. The van der Waals surface area contributed by atoms with Gasteiger partial charge in [0.05, 0.1) is 47.7 Å². The lowest BCUT2D eigenvalue weighted by molar-refractivity contribution is -0.117. The molecule has 2 aromatic carbocycles. The second-order valence-corrected chi connectivity index (χ2v) is 10.1. The van der Waals surface area contributed by atoms with Crippen molar-refractivity contribution in [2.75, 3.05) is 32.6 Å². The van der Waals surface area contributed by atoms with Crippen LogP contribution in [0.2, 0.25) is 10.0 Å². The zero-order valence-corrected chi connectivity index (χ0v) is 22.6. The maximum absolute atomic E-state index is 12.0. The Hall–Kier alpha value is -3.56. The Bertz CT molecular complexity index is 1400. The molecule has 1 aromatic heterocycles. The van der Waals surface area contributed by atoms with E-state index in [-0.39, 0.29) is 18.0 Å². The molecule has 2 atom stereocenters. The molecule has 0 bridgehead atoms. The van der Waals surface area contributed by atoms with E-state index in [0.29, 0.717) is 57.9 Å². The van der Waals surface area contributed by atoms with E-state index in [9.17, 15) is 4.79 Å². The molecule has 1 amide bonds. The summed E-state index contributed by atoms with van der Waals surface area (Å²) in [4.78, 5) is 23.3. The van der Waals surface area contributed by atoms with Crippen molar-refractivity contribution in [3.63, 3.8) is 0 Å². The van der Waals surface area contributed by atoms with E-state index in [1.54, 1.807) is 12.3 Å². The van der Waals surface area contributed by atoms with E-state index in [1.807, 2.05) is 23.1 Å². The standard InChI is InChI=1S/C27H28Cl2N6O3/c1-4-22(36)32-18-12-35(26(30)14-5-6-14)13-19(18)34-27-31-11-16-9-15(7-8-17(16)33-27)23-24(28)20(37-2)10-21(38-3)25(23)29/h4,7-11,14,18-19,30H,1,5-6,12-13H2,2-3H3,(H,32,36)(H,31,33,34)/t18-,19+/m0/s1. The van der Waals surface area contributed by atoms with E-state index in [0.717, 1.165) is 29.3 Å². The Morgan fingerprint density at radius 2 is 1.82 bits per heavy atom. The lowest BCUT2D eigenvalue weighted by Gasteiger charge is -2.20. The van der Waals surface area contributed by atoms with Crippen LogP contribution in [0.4, 0.5) is 5.95 Å². The SMILES string of the molecule is C=CC(=O)N[C@H]1CN(C(=N)C2CC2)C[C@H]1Nc1ncc2cc(-c3c(Cl)c(OC)cc(OC)c3Cl)ccc2n1. The Labute approximate surface area is 230 Å². The molecular formula is C27H28Cl2N6O3. The van der Waals surface area contributed by atoms with Gasteiger partial charge in [0, 0.05) is 42.2 Å². The van der Waals surface area contributed by atoms with Crippen LogP contribution in [0.3, 0.4) is 0 Å². The molecule has 3 N–H and O–H groups in total. The minimum Gasteiger partial charge on any atom is -0.495 e. The van der Waals surface area contributed by atoms with E-state index in [1.165, 1.54) is 20.3 Å². The number of carbonyl (C=O) groups is 1. The van der Waals surface area contributed by atoms with Crippen molar-refractivity contribution >= 4 is 51.8 Å². The zero-order valence-electron chi connectivity index (χ0n) is 21.1. The van der Waals surface area contributed by atoms with Crippen molar-refractivity contribution in [2.45, 2.75) is 24.9 Å². The van der Waals surface area contributed by atoms with Gasteiger partial charge in [0.15, 0.2) is 0 Å². The molecule has 5 rings (SSSR count). The molecule has 2 fully saturated rings. The summed E-state index contributed by atoms with van der Waals surface area (Å²) >= 11 is 13.2. The Morgan fingerprint density at radius 3 is 2.45 bits per heavy atom. The molecule has 2 heterocycles. The number of likely N-dealkylation sites (tertiary alicyclic amines) is 1. The van der Waals surface area contributed by atoms with Crippen LogP contribution in [-0.2, 0) is 4.79 Å². The first-order valence-corrected chi connectivity index (χ1v) is 13.0. The number of rotatable bonds is 8. The van der Waals surface area contributed by atoms with Crippen LogP contribution in [0.25, 0.3) is 22.0 Å². The smallest absolute Gasteiger partial charge is 0.243 e. The number of ether oxygens (including phenoxy) is 2. The fourth-order valence-corrected chi connectivity index (χ4v) is 5.43. The fraction of sp³-hybridized carbons (Fsp3) is 0.333. The number of nitrogens with zero attached hydrogens (tertiary/aromatic N) is 3. The van der Waals surface area contributed by atoms with Gasteiger partial charge in [0.2, 0.25) is 11.9 Å². The van der Waals surface area contributed by atoms with Crippen LogP contribution in [0, 0.1) is 11.3 Å². The Kier molecular flexibility index (Phi) is 7.32. The minimum absolute atomic E-state index is 0.170. The van der Waals surface area contributed by atoms with Crippen molar-refractivity contribution in [3.8, 4) is 22.6 Å². The lowest BCUT2D eigenvalue weighted by Crippen LogP contribution is -2.45. The molecule has 0 radical (unpaired) electrons. The third-order valence-electron chi connectivity index (χ3n) is 6.89. The number of hydrogen-bond donors (Lipinski definition) is 3. The largest absolute Gasteiger partial charge is 0.495 e. The number of aromatic nitrogens is 2. The molecule has 1 aliphatic carbocycles. The van der Waals surface area contributed by atoms with Crippen LogP contribution >= 0.6 is 23.2 Å². The monoisotopic (exact) mass is 554 g/mol. The van der Waals surface area contributed by atoms with Crippen molar-refractivity contribution in [2.24, 2.45) is 5.92 Å². The van der Waals surface area contributed by atoms with Crippen LogP contribution in [-0.4, -0.2) is 66.0 Å². The number of methoxy groups -OCH3 is 2. The first-order valence-electron chi connectivity index (χ1n) is 12.2. The predicted molar refractivity (Wildman–Crippen MR) is 150 cm³/mol. The first kappa shape index (κ1) is 26.1. The molecule has 1 saturated heterocycles. The highest BCUT2D eigenvalue weighted by Gasteiger charge is 2.39. The van der Waals surface area contributed by atoms with Crippen LogP contribution in [0.1, 0.15) is 12.8 Å². The van der Waals surface area contributed by atoms with E-state index >= 15 is 0 Å². The maximum atomic E-state index is 12.0. The summed E-state index contributed by atoms with van der Waals surface area (Å²) in [6.45, 7) is 4.68. The number of hydrogen-bond acceptors (Lipinski definition) is 7. The van der Waals surface area contributed by atoms with Crippen LogP contribution < -0.4 is 20.1 Å². The summed E-state index contributed by atoms with van der Waals surface area (Å²) in [5.41, 5.74) is 2.09. The van der Waals surface area contributed by atoms with Gasteiger partial charge < -0.3 is 25.0 Å². The number of amidine groups is 1. The summed E-state index contributed by atoms with van der Waals surface area (Å²) in [6.07, 6.45) is 5.08. The summed E-state index contributed by atoms with van der Waals surface area (Å²) in [7, 11) is 3.07. The average Bonchev–Trinajstić information content (AvgIpc) is 3.70. The molecule has 38 heavy (non-hydrogen) atoms. The molecule has 0 spiro atoms. The molecule has 9 nitrogen and oxygen atoms in total. The van der Waals surface area contributed by atoms with Crippen molar-refractivity contribution in [1.82, 2.24) is 20.2 Å². The van der Waals surface area contributed by atoms with Gasteiger partial charge >= 0.3 is 0 Å². The molecule has 198 valence electrons. The quantitative estimate of drug-likeness (QED) is 0.209. The number of amides is 1. The van der Waals surface area contributed by atoms with Crippen molar-refractivity contribution in [1.29, 1.82) is 5.41 Å². The summed E-state index contributed by atoms with van der Waals surface area (Å²) < 4.78 is 10.8. The van der Waals surface area contributed by atoms with E-state index in [2.05, 4.69) is 22.2 Å². The van der Waals surface area contributed by atoms with Crippen molar-refractivity contribution < 1.29 is 14.3 Å². The normalized spacial score (nSPS) is 18.8. The van der Waals surface area contributed by atoms with Gasteiger partial charge in [-0.15, -0.1) is 0 Å². The second kappa shape index (κ2) is 10.7. The highest BCUT2D eigenvalue weighted by Crippen LogP contribution is 2.46. The summed E-state index contributed by atoms with van der Waals surface area (Å²) in [6, 6.07) is 6.93. The molecule has 3 aromatic rings. The fourth-order valence-electron chi connectivity index (χ4n) is 4.71. The van der Waals surface area contributed by atoms with Gasteiger partial charge in [-0.05, 0) is 36.6 Å².